The first-order valence-corrected chi connectivity index (χ1v) is 10.9. The Balaban J connectivity index is 1.49. The Hall–Kier alpha value is -3.46. The third kappa shape index (κ3) is 4.11. The molecule has 0 unspecified atom stereocenters. The zero-order valence-corrected chi connectivity index (χ0v) is 17.3. The summed E-state index contributed by atoms with van der Waals surface area (Å²) in [5.74, 6) is 1.16. The summed E-state index contributed by atoms with van der Waals surface area (Å²) in [6.07, 6.45) is 1.86. The number of nitrogens with zero attached hydrogens (tertiary/aromatic N) is 4. The lowest BCUT2D eigenvalue weighted by molar-refractivity contribution is 0.382. The Bertz CT molecular complexity index is 1260. The van der Waals surface area contributed by atoms with Gasteiger partial charge in [-0.25, -0.2) is 8.42 Å². The van der Waals surface area contributed by atoms with E-state index < -0.39 is 9.84 Å². The molecule has 0 N–H and O–H groups in total. The summed E-state index contributed by atoms with van der Waals surface area (Å²) >= 11 is 0. The van der Waals surface area contributed by atoms with E-state index in [1.54, 1.807) is 23.0 Å². The first-order valence-electron chi connectivity index (χ1n) is 9.24. The van der Waals surface area contributed by atoms with Crippen LogP contribution in [0.3, 0.4) is 0 Å². The molecule has 0 amide bonds. The predicted molar refractivity (Wildman–Crippen MR) is 111 cm³/mol. The van der Waals surface area contributed by atoms with Crippen LogP contribution in [0.25, 0.3) is 22.6 Å². The van der Waals surface area contributed by atoms with E-state index in [1.165, 1.54) is 19.2 Å². The normalized spacial score (nSPS) is 11.5. The van der Waals surface area contributed by atoms with Crippen molar-refractivity contribution in [2.45, 2.75) is 11.3 Å². The number of sulfone groups is 1. The zero-order chi connectivity index (χ0) is 21.1. The summed E-state index contributed by atoms with van der Waals surface area (Å²) in [4.78, 5) is 4.59. The van der Waals surface area contributed by atoms with Crippen LogP contribution in [0.4, 0.5) is 0 Å². The van der Waals surface area contributed by atoms with Crippen molar-refractivity contribution in [3.63, 3.8) is 0 Å². The molecule has 2 aromatic carbocycles. The van der Waals surface area contributed by atoms with Crippen molar-refractivity contribution >= 4 is 9.84 Å². The van der Waals surface area contributed by atoms with Crippen molar-refractivity contribution in [1.82, 2.24) is 19.9 Å². The molecule has 0 aliphatic rings. The van der Waals surface area contributed by atoms with Gasteiger partial charge in [0.25, 0.3) is 0 Å². The maximum Gasteiger partial charge on any atom is 0.227 e. The highest BCUT2D eigenvalue weighted by molar-refractivity contribution is 7.91. The molecule has 2 aromatic heterocycles. The summed E-state index contributed by atoms with van der Waals surface area (Å²) in [6.45, 7) is 0. The van der Waals surface area contributed by atoms with E-state index in [0.717, 1.165) is 16.8 Å². The van der Waals surface area contributed by atoms with E-state index in [0.29, 0.717) is 11.6 Å². The van der Waals surface area contributed by atoms with Gasteiger partial charge in [-0.3, -0.25) is 4.68 Å². The predicted octanol–water partition coefficient (Wildman–Crippen LogP) is 3.16. The summed E-state index contributed by atoms with van der Waals surface area (Å²) < 4.78 is 37.2. The van der Waals surface area contributed by atoms with Crippen molar-refractivity contribution < 1.29 is 17.7 Å². The van der Waals surface area contributed by atoms with Crippen molar-refractivity contribution in [3.8, 4) is 28.4 Å². The fraction of sp³-hybridized carbons (Fsp3) is 0.190. The molecule has 2 heterocycles. The van der Waals surface area contributed by atoms with E-state index in [9.17, 15) is 8.42 Å². The Morgan fingerprint density at radius 3 is 2.53 bits per heavy atom. The molecule has 4 aromatic rings. The average molecular weight is 424 g/mol. The van der Waals surface area contributed by atoms with Gasteiger partial charge >= 0.3 is 0 Å². The third-order valence-electron chi connectivity index (χ3n) is 4.71. The van der Waals surface area contributed by atoms with Gasteiger partial charge in [-0.05, 0) is 36.4 Å². The quantitative estimate of drug-likeness (QED) is 0.449. The fourth-order valence-corrected chi connectivity index (χ4v) is 4.30. The average Bonchev–Trinajstić information content (AvgIpc) is 3.41. The highest BCUT2D eigenvalue weighted by Crippen LogP contribution is 2.24. The van der Waals surface area contributed by atoms with Gasteiger partial charge < -0.3 is 9.26 Å². The molecule has 8 nitrogen and oxygen atoms in total. The molecule has 0 radical (unpaired) electrons. The lowest BCUT2D eigenvalue weighted by Crippen LogP contribution is -2.09. The second kappa shape index (κ2) is 8.11. The first-order chi connectivity index (χ1) is 14.5. The number of methoxy groups -OCH3 is 1. The minimum atomic E-state index is -3.47. The summed E-state index contributed by atoms with van der Waals surface area (Å²) in [7, 11) is -0.0694. The molecule has 154 valence electrons. The summed E-state index contributed by atoms with van der Waals surface area (Å²) in [6, 6.07) is 15.9. The second-order valence-corrected chi connectivity index (χ2v) is 8.79. The number of aromatic nitrogens is 4. The standard InChI is InChI=1S/C21H20N4O4S/c1-25-19(10-12-22-25)15-4-3-5-16(14-15)21-23-20(29-24-21)11-13-30(26,27)18-8-6-17(28-2)7-9-18/h3-10,12,14H,11,13H2,1-2H3. The van der Waals surface area contributed by atoms with Crippen molar-refractivity contribution in [2.75, 3.05) is 12.9 Å². The molecule has 0 aliphatic heterocycles. The van der Waals surface area contributed by atoms with Crippen molar-refractivity contribution in [2.24, 2.45) is 7.05 Å². The number of hydrogen-bond acceptors (Lipinski definition) is 7. The van der Waals surface area contributed by atoms with E-state index in [-0.39, 0.29) is 23.0 Å². The third-order valence-corrected chi connectivity index (χ3v) is 6.44. The lowest BCUT2D eigenvalue weighted by Gasteiger charge is -2.04. The van der Waals surface area contributed by atoms with Crippen LogP contribution in [-0.4, -0.2) is 41.2 Å². The Morgan fingerprint density at radius 2 is 1.83 bits per heavy atom. The van der Waals surface area contributed by atoms with Crippen LogP contribution in [-0.2, 0) is 23.3 Å². The minimum absolute atomic E-state index is 0.128. The Labute approximate surface area is 174 Å². The van der Waals surface area contributed by atoms with Gasteiger partial charge in [0, 0.05) is 30.8 Å². The first kappa shape index (κ1) is 19.8. The number of aryl methyl sites for hydroxylation is 2. The van der Waals surface area contributed by atoms with Crippen molar-refractivity contribution in [3.05, 3.63) is 66.7 Å². The molecule has 0 spiro atoms. The summed E-state index contributed by atoms with van der Waals surface area (Å²) in [5.41, 5.74) is 2.72. The van der Waals surface area contributed by atoms with Crippen LogP contribution in [0.15, 0.2) is 70.2 Å². The van der Waals surface area contributed by atoms with Crippen LogP contribution in [0.2, 0.25) is 0 Å². The molecule has 30 heavy (non-hydrogen) atoms. The highest BCUT2D eigenvalue weighted by Gasteiger charge is 2.18. The number of ether oxygens (including phenoxy) is 1. The molecular formula is C21H20N4O4S. The van der Waals surface area contributed by atoms with E-state index >= 15 is 0 Å². The molecule has 0 aliphatic carbocycles. The fourth-order valence-electron chi connectivity index (χ4n) is 3.07. The van der Waals surface area contributed by atoms with Crippen LogP contribution in [0, 0.1) is 0 Å². The van der Waals surface area contributed by atoms with Gasteiger partial charge in [-0.15, -0.1) is 0 Å². The van der Waals surface area contributed by atoms with Gasteiger partial charge in [0.1, 0.15) is 5.75 Å². The maximum absolute atomic E-state index is 12.6. The number of rotatable bonds is 7. The Kier molecular flexibility index (Phi) is 5.37. The Morgan fingerprint density at radius 1 is 1.07 bits per heavy atom. The molecule has 0 fully saturated rings. The van der Waals surface area contributed by atoms with Gasteiger partial charge in [-0.1, -0.05) is 23.4 Å². The van der Waals surface area contributed by atoms with Crippen LogP contribution >= 0.6 is 0 Å². The smallest absolute Gasteiger partial charge is 0.227 e. The topological polar surface area (TPSA) is 100 Å². The molecule has 9 heteroatoms. The van der Waals surface area contributed by atoms with E-state index in [4.69, 9.17) is 9.26 Å². The maximum atomic E-state index is 12.6. The van der Waals surface area contributed by atoms with Crippen LogP contribution in [0.1, 0.15) is 5.89 Å². The highest BCUT2D eigenvalue weighted by atomic mass is 32.2. The van der Waals surface area contributed by atoms with Gasteiger partial charge in [0.05, 0.1) is 23.5 Å². The minimum Gasteiger partial charge on any atom is -0.497 e. The van der Waals surface area contributed by atoms with E-state index in [2.05, 4.69) is 15.2 Å². The van der Waals surface area contributed by atoms with Crippen LogP contribution in [0.5, 0.6) is 5.75 Å². The van der Waals surface area contributed by atoms with Gasteiger partial charge in [0.2, 0.25) is 11.7 Å². The van der Waals surface area contributed by atoms with Gasteiger partial charge in [0.15, 0.2) is 9.84 Å². The monoisotopic (exact) mass is 424 g/mol. The molecule has 0 saturated carbocycles. The largest absolute Gasteiger partial charge is 0.497 e. The lowest BCUT2D eigenvalue weighted by atomic mass is 10.1. The molecule has 4 rings (SSSR count). The molecule has 0 bridgehead atoms. The molecule has 0 atom stereocenters. The molecular weight excluding hydrogens is 404 g/mol. The van der Waals surface area contributed by atoms with E-state index in [1.807, 2.05) is 37.4 Å². The summed E-state index contributed by atoms with van der Waals surface area (Å²) in [5, 5.41) is 8.19. The number of hydrogen-bond donors (Lipinski definition) is 0. The van der Waals surface area contributed by atoms with Crippen molar-refractivity contribution in [1.29, 1.82) is 0 Å². The SMILES string of the molecule is COc1ccc(S(=O)(=O)CCc2nc(-c3cccc(-c4ccnn4C)c3)no2)cc1. The molecule has 0 saturated heterocycles. The van der Waals surface area contributed by atoms with Gasteiger partial charge in [-0.2, -0.15) is 10.1 Å². The second-order valence-electron chi connectivity index (χ2n) is 6.68. The number of benzene rings is 2. The van der Waals surface area contributed by atoms with Crippen LogP contribution < -0.4 is 4.74 Å². The zero-order valence-electron chi connectivity index (χ0n) is 16.5.